The predicted octanol–water partition coefficient (Wildman–Crippen LogP) is 2.17. The van der Waals surface area contributed by atoms with E-state index in [2.05, 4.69) is 77.7 Å². The number of imide groups is 2. The van der Waals surface area contributed by atoms with Crippen molar-refractivity contribution in [1.29, 1.82) is 0 Å². The average molecular weight is 732 g/mol. The smallest absolute Gasteiger partial charge is 0.282 e. The number of nitrogens with one attached hydrogen (secondary N) is 2. The molecular weight excluding hydrogens is 692 g/mol. The number of aryl methyl sites for hydroxylation is 1. The normalized spacial score (nSPS) is 23.5. The highest BCUT2D eigenvalue weighted by atomic mass is 79.9. The van der Waals surface area contributed by atoms with E-state index in [9.17, 15) is 24.0 Å². The van der Waals surface area contributed by atoms with E-state index in [4.69, 9.17) is 0 Å². The van der Waals surface area contributed by atoms with Gasteiger partial charge < -0.3 is 15.1 Å². The van der Waals surface area contributed by atoms with Crippen LogP contribution in [0.25, 0.3) is 0 Å². The van der Waals surface area contributed by atoms with Crippen molar-refractivity contribution in [2.24, 2.45) is 7.05 Å². The van der Waals surface area contributed by atoms with Gasteiger partial charge in [0.25, 0.3) is 17.4 Å². The zero-order valence-corrected chi connectivity index (χ0v) is 29.1. The quantitative estimate of drug-likeness (QED) is 0.348. The van der Waals surface area contributed by atoms with E-state index in [1.54, 1.807) is 25.4 Å². The Bertz CT molecular complexity index is 1870. The Kier molecular flexibility index (Phi) is 9.11. The molecule has 2 aromatic carbocycles. The van der Waals surface area contributed by atoms with Crippen LogP contribution in [0.4, 0.5) is 11.4 Å². The van der Waals surface area contributed by atoms with Crippen LogP contribution in [0.3, 0.4) is 0 Å². The van der Waals surface area contributed by atoms with Gasteiger partial charge in [0.2, 0.25) is 11.8 Å². The zero-order chi connectivity index (χ0) is 34.4. The summed E-state index contributed by atoms with van der Waals surface area (Å²) in [5, 5.41) is 9.95. The summed E-state index contributed by atoms with van der Waals surface area (Å²) >= 11 is 3.43. The molecule has 0 spiro atoms. The molecule has 3 atom stereocenters. The highest BCUT2D eigenvalue weighted by Crippen LogP contribution is 2.35. The number of carbonyl (C=O) groups excluding carboxylic acids is 4. The summed E-state index contributed by atoms with van der Waals surface area (Å²) in [5.74, 6) is -1.62. The predicted molar refractivity (Wildman–Crippen MR) is 186 cm³/mol. The van der Waals surface area contributed by atoms with Crippen LogP contribution in [0, 0.1) is 0 Å². The van der Waals surface area contributed by atoms with Crippen LogP contribution in [0.5, 0.6) is 0 Å². The Hall–Kier alpha value is -4.40. The number of piperidine rings is 2. The van der Waals surface area contributed by atoms with Crippen molar-refractivity contribution >= 4 is 50.9 Å². The topological polar surface area (TPSA) is 140 Å². The lowest BCUT2D eigenvalue weighted by molar-refractivity contribution is -0.136. The molecule has 4 aliphatic heterocycles. The molecule has 256 valence electrons. The number of hydrogen-bond acceptors (Lipinski definition) is 10. The lowest BCUT2D eigenvalue weighted by Crippen LogP contribution is -2.54. The molecular formula is C35H39BrN8O5. The molecule has 3 fully saturated rings. The van der Waals surface area contributed by atoms with Crippen molar-refractivity contribution in [3.8, 4) is 0 Å². The summed E-state index contributed by atoms with van der Waals surface area (Å²) in [4.78, 5) is 71.2. The molecule has 13 nitrogen and oxygen atoms in total. The highest BCUT2D eigenvalue weighted by molar-refractivity contribution is 9.10. The molecule has 49 heavy (non-hydrogen) atoms. The molecule has 14 heteroatoms. The van der Waals surface area contributed by atoms with Gasteiger partial charge in [-0.1, -0.05) is 30.3 Å². The number of carbonyl (C=O) groups is 4. The minimum Gasteiger partial charge on any atom is -0.379 e. The highest BCUT2D eigenvalue weighted by Gasteiger charge is 2.46. The van der Waals surface area contributed by atoms with E-state index in [0.29, 0.717) is 46.0 Å². The second-order valence-electron chi connectivity index (χ2n) is 13.4. The summed E-state index contributed by atoms with van der Waals surface area (Å²) in [6, 6.07) is 13.3. The van der Waals surface area contributed by atoms with Gasteiger partial charge >= 0.3 is 0 Å². The Morgan fingerprint density at radius 2 is 1.69 bits per heavy atom. The van der Waals surface area contributed by atoms with E-state index in [-0.39, 0.29) is 24.4 Å². The Morgan fingerprint density at radius 1 is 0.939 bits per heavy atom. The van der Waals surface area contributed by atoms with Gasteiger partial charge in [-0.2, -0.15) is 5.10 Å². The third kappa shape index (κ3) is 6.52. The first kappa shape index (κ1) is 33.1. The van der Waals surface area contributed by atoms with Crippen LogP contribution in [0.15, 0.2) is 57.9 Å². The van der Waals surface area contributed by atoms with Crippen molar-refractivity contribution in [2.75, 3.05) is 56.5 Å². The van der Waals surface area contributed by atoms with E-state index >= 15 is 0 Å². The van der Waals surface area contributed by atoms with Crippen molar-refractivity contribution in [2.45, 2.75) is 43.8 Å². The molecule has 3 aromatic rings. The Labute approximate surface area is 292 Å². The van der Waals surface area contributed by atoms with Crippen LogP contribution in [0.2, 0.25) is 0 Å². The third-order valence-electron chi connectivity index (χ3n) is 10.1. The van der Waals surface area contributed by atoms with E-state index in [0.717, 1.165) is 44.0 Å². The number of amides is 4. The lowest BCUT2D eigenvalue weighted by Gasteiger charge is -2.37. The molecule has 7 rings (SSSR count). The molecule has 4 amide bonds. The van der Waals surface area contributed by atoms with Gasteiger partial charge in [0.05, 0.1) is 28.7 Å². The lowest BCUT2D eigenvalue weighted by atomic mass is 9.87. The van der Waals surface area contributed by atoms with E-state index in [1.807, 2.05) is 6.07 Å². The minimum absolute atomic E-state index is 0.0899. The first-order valence-corrected chi connectivity index (χ1v) is 17.4. The molecule has 2 N–H and O–H groups in total. The number of hydrogen-bond donors (Lipinski definition) is 2. The number of likely N-dealkylation sites (N-methyl/N-ethyl adjacent to an activating group) is 1. The minimum atomic E-state index is -0.982. The fourth-order valence-electron chi connectivity index (χ4n) is 7.56. The zero-order valence-electron chi connectivity index (χ0n) is 27.5. The number of likely N-dealkylation sites (tertiary alicyclic amines) is 1. The number of halogens is 1. The van der Waals surface area contributed by atoms with Crippen LogP contribution in [0.1, 0.15) is 57.0 Å². The maximum absolute atomic E-state index is 13.6. The average Bonchev–Trinajstić information content (AvgIpc) is 3.34. The number of aromatic nitrogens is 2. The van der Waals surface area contributed by atoms with Gasteiger partial charge in [0.1, 0.15) is 10.5 Å². The van der Waals surface area contributed by atoms with Gasteiger partial charge in [0.15, 0.2) is 0 Å². The summed E-state index contributed by atoms with van der Waals surface area (Å²) in [5.41, 5.74) is 4.41. The van der Waals surface area contributed by atoms with Crippen molar-refractivity contribution in [3.05, 3.63) is 85.7 Å². The maximum Gasteiger partial charge on any atom is 0.282 e. The van der Waals surface area contributed by atoms with Gasteiger partial charge in [-0.3, -0.25) is 39.1 Å². The van der Waals surface area contributed by atoms with Gasteiger partial charge in [-0.15, -0.1) is 0 Å². The molecule has 0 radical (unpaired) electrons. The number of anilines is 2. The third-order valence-corrected chi connectivity index (χ3v) is 10.9. The van der Waals surface area contributed by atoms with E-state index in [1.165, 1.54) is 15.8 Å². The first-order chi connectivity index (χ1) is 23.6. The first-order valence-electron chi connectivity index (χ1n) is 16.6. The van der Waals surface area contributed by atoms with Crippen molar-refractivity contribution in [1.82, 2.24) is 29.8 Å². The molecule has 1 aromatic heterocycles. The Morgan fingerprint density at radius 3 is 2.43 bits per heavy atom. The fourth-order valence-corrected chi connectivity index (χ4v) is 8.03. The standard InChI is InChI=1S/C35H39BrN8O5/c1-40-19-23(16-24(20-40)38-26-17-37-41(2)35(49)31(26)36)22-8-6-21(7-9-22)18-42-12-14-43(15-13-42)27-5-3-4-25-30(27)34(48)44(33(25)47)28-10-11-29(45)39-32(28)46/h3-9,17,23-24,28,38H,10-16,18-20H2,1-2H3,(H,39,45,46). The molecule has 3 unspecified atom stereocenters. The summed E-state index contributed by atoms with van der Waals surface area (Å²) < 4.78 is 1.81. The second-order valence-corrected chi connectivity index (χ2v) is 14.2. The SMILES string of the molecule is CN1CC(Nc2cnn(C)c(=O)c2Br)CC(c2ccc(CN3CCN(c4cccc5c4C(=O)N(C4CCC(=O)NC4=O)C5=O)CC3)cc2)C1. The maximum atomic E-state index is 13.6. The molecule has 3 saturated heterocycles. The summed E-state index contributed by atoms with van der Waals surface area (Å²) in [6.45, 7) is 5.60. The molecule has 5 heterocycles. The van der Waals surface area contributed by atoms with Crippen LogP contribution >= 0.6 is 15.9 Å². The van der Waals surface area contributed by atoms with Crippen LogP contribution < -0.4 is 21.1 Å². The summed E-state index contributed by atoms with van der Waals surface area (Å²) in [7, 11) is 3.76. The van der Waals surface area contributed by atoms with Crippen molar-refractivity contribution < 1.29 is 19.2 Å². The molecule has 0 saturated carbocycles. The van der Waals surface area contributed by atoms with Crippen LogP contribution in [-0.4, -0.2) is 107 Å². The summed E-state index contributed by atoms with van der Waals surface area (Å²) in [6.07, 6.45) is 2.85. The van der Waals surface area contributed by atoms with Gasteiger partial charge in [-0.25, -0.2) is 4.68 Å². The van der Waals surface area contributed by atoms with Crippen molar-refractivity contribution in [3.63, 3.8) is 0 Å². The monoisotopic (exact) mass is 730 g/mol. The second kappa shape index (κ2) is 13.5. The van der Waals surface area contributed by atoms with Gasteiger partial charge in [0, 0.05) is 65.3 Å². The number of fused-ring (bicyclic) bond motifs is 1. The van der Waals surface area contributed by atoms with E-state index < -0.39 is 29.7 Å². The largest absolute Gasteiger partial charge is 0.379 e. The van der Waals surface area contributed by atoms with Crippen LogP contribution in [-0.2, 0) is 23.2 Å². The molecule has 0 aliphatic carbocycles. The number of rotatable bonds is 7. The number of piperazine rings is 1. The number of benzene rings is 2. The fraction of sp³-hybridized carbons (Fsp3) is 0.429. The molecule has 0 bridgehead atoms. The Balaban J connectivity index is 0.961. The number of nitrogens with zero attached hydrogens (tertiary/aromatic N) is 6. The molecule has 4 aliphatic rings. The van der Waals surface area contributed by atoms with Gasteiger partial charge in [-0.05, 0) is 65.0 Å².